The molecule has 0 aliphatic carbocycles. The highest BCUT2D eigenvalue weighted by molar-refractivity contribution is 7.99. The Kier molecular flexibility index (Phi) is 12.5. The Morgan fingerprint density at radius 1 is 1.18 bits per heavy atom. The van der Waals surface area contributed by atoms with Crippen LogP contribution in [0, 0.1) is 11.8 Å². The van der Waals surface area contributed by atoms with Crippen LogP contribution in [-0.4, -0.2) is 71.7 Å². The zero-order valence-electron chi connectivity index (χ0n) is 23.9. The molecule has 7 nitrogen and oxygen atoms in total. The second-order valence-electron chi connectivity index (χ2n) is 10.5. The van der Waals surface area contributed by atoms with E-state index in [1.165, 1.54) is 5.56 Å². The molecule has 9 heteroatoms. The van der Waals surface area contributed by atoms with Crippen molar-refractivity contribution >= 4 is 50.9 Å². The van der Waals surface area contributed by atoms with Crippen molar-refractivity contribution in [3.8, 4) is 0 Å². The largest absolute Gasteiger partial charge is 0.359 e. The summed E-state index contributed by atoms with van der Waals surface area (Å²) in [5.41, 5.74) is 2.82. The van der Waals surface area contributed by atoms with Crippen LogP contribution in [0.2, 0.25) is 0 Å². The molecule has 2 heterocycles. The third kappa shape index (κ3) is 9.43. The Labute approximate surface area is 241 Å². The average Bonchev–Trinajstić information content (AvgIpc) is 3.35. The minimum Gasteiger partial charge on any atom is -0.359 e. The number of thiazole rings is 1. The first kappa shape index (κ1) is 31.3. The Balaban J connectivity index is 1.66. The number of carbonyl (C=O) groups excluding carboxylic acids is 3. The van der Waals surface area contributed by atoms with Crippen LogP contribution >= 0.6 is 23.1 Å². The van der Waals surface area contributed by atoms with E-state index in [0.717, 1.165) is 52.7 Å². The third-order valence-corrected chi connectivity index (χ3v) is 9.64. The van der Waals surface area contributed by atoms with Gasteiger partial charge in [-0.1, -0.05) is 39.8 Å². The Morgan fingerprint density at radius 3 is 2.59 bits per heavy atom. The normalized spacial score (nSPS) is 16.4. The van der Waals surface area contributed by atoms with Gasteiger partial charge in [0.25, 0.3) is 0 Å². The molecule has 0 spiro atoms. The number of hydrogen-bond acceptors (Lipinski definition) is 7. The highest BCUT2D eigenvalue weighted by atomic mass is 32.2. The number of thioether (sulfide) groups is 1. The molecule has 2 aromatic rings. The molecule has 3 rings (SSSR count). The zero-order valence-corrected chi connectivity index (χ0v) is 25.5. The van der Waals surface area contributed by atoms with Gasteiger partial charge in [0.2, 0.25) is 11.8 Å². The Bertz CT molecular complexity index is 1140. The van der Waals surface area contributed by atoms with E-state index in [0.29, 0.717) is 31.4 Å². The maximum atomic E-state index is 13.6. The Morgan fingerprint density at radius 2 is 1.92 bits per heavy atom. The van der Waals surface area contributed by atoms with Crippen LogP contribution in [0.15, 0.2) is 30.4 Å². The van der Waals surface area contributed by atoms with Crippen LogP contribution in [0.3, 0.4) is 0 Å². The second kappa shape index (κ2) is 15.5. The number of carbonyl (C=O) groups is 3. The minimum atomic E-state index is -0.537. The van der Waals surface area contributed by atoms with Crippen LogP contribution in [0.25, 0.3) is 10.2 Å². The van der Waals surface area contributed by atoms with Crippen LogP contribution in [0.4, 0.5) is 0 Å². The van der Waals surface area contributed by atoms with E-state index in [2.05, 4.69) is 55.0 Å². The first-order valence-electron chi connectivity index (χ1n) is 14.1. The molecule has 0 saturated carbocycles. The summed E-state index contributed by atoms with van der Waals surface area (Å²) in [6.07, 6.45) is 3.24. The van der Waals surface area contributed by atoms with Crippen LogP contribution in [-0.2, 0) is 27.2 Å². The van der Waals surface area contributed by atoms with Crippen molar-refractivity contribution in [1.82, 2.24) is 20.5 Å². The summed E-state index contributed by atoms with van der Waals surface area (Å²) < 4.78 is 1.10. The summed E-state index contributed by atoms with van der Waals surface area (Å²) in [4.78, 5) is 45.8. The van der Waals surface area contributed by atoms with E-state index in [9.17, 15) is 14.4 Å². The molecule has 1 aliphatic heterocycles. The van der Waals surface area contributed by atoms with Gasteiger partial charge in [-0.2, -0.15) is 11.8 Å². The summed E-state index contributed by atoms with van der Waals surface area (Å²) in [5, 5.41) is 6.72. The quantitative estimate of drug-likeness (QED) is 0.302. The molecular weight excluding hydrogens is 528 g/mol. The summed E-state index contributed by atoms with van der Waals surface area (Å²) in [6, 6.07) is 6.10. The van der Waals surface area contributed by atoms with Gasteiger partial charge in [0.15, 0.2) is 5.78 Å². The van der Waals surface area contributed by atoms with Crippen LogP contribution in [0.5, 0.6) is 0 Å². The van der Waals surface area contributed by atoms with E-state index in [4.69, 9.17) is 4.98 Å². The maximum absolute atomic E-state index is 13.6. The predicted octanol–water partition coefficient (Wildman–Crippen LogP) is 4.64. The number of nitrogens with zero attached hydrogens (tertiary/aromatic N) is 2. The number of nitrogens with one attached hydrogen (secondary N) is 2. The lowest BCUT2D eigenvalue weighted by Crippen LogP contribution is -2.44. The smallest absolute Gasteiger partial charge is 0.224 e. The van der Waals surface area contributed by atoms with Crippen molar-refractivity contribution in [3.63, 3.8) is 0 Å². The second-order valence-corrected chi connectivity index (χ2v) is 12.8. The van der Waals surface area contributed by atoms with Gasteiger partial charge < -0.3 is 10.6 Å². The number of benzene rings is 1. The van der Waals surface area contributed by atoms with Crippen molar-refractivity contribution < 1.29 is 14.4 Å². The van der Waals surface area contributed by atoms with Gasteiger partial charge in [-0.3, -0.25) is 19.3 Å². The summed E-state index contributed by atoms with van der Waals surface area (Å²) in [6.45, 7) is 13.0. The minimum absolute atomic E-state index is 0.0682. The summed E-state index contributed by atoms with van der Waals surface area (Å²) in [7, 11) is 1.59. The third-order valence-electron chi connectivity index (χ3n) is 7.66. The monoisotopic (exact) mass is 572 g/mol. The first-order chi connectivity index (χ1) is 18.7. The number of Topliss-reactive ketones (excluding diaryl/α,β-unsaturated/α-hetero) is 1. The van der Waals surface area contributed by atoms with Crippen molar-refractivity contribution in [2.24, 2.45) is 11.8 Å². The molecule has 2 N–H and O–H groups in total. The molecule has 0 unspecified atom stereocenters. The van der Waals surface area contributed by atoms with E-state index in [1.807, 2.05) is 17.8 Å². The van der Waals surface area contributed by atoms with E-state index >= 15 is 0 Å². The van der Waals surface area contributed by atoms with Gasteiger partial charge in [-0.05, 0) is 36.5 Å². The lowest BCUT2D eigenvalue weighted by Gasteiger charge is -2.28. The van der Waals surface area contributed by atoms with Gasteiger partial charge in [-0.25, -0.2) is 4.98 Å². The number of aryl methyl sites for hydroxylation is 1. The lowest BCUT2D eigenvalue weighted by atomic mass is 9.91. The molecule has 1 saturated heterocycles. The fourth-order valence-electron chi connectivity index (χ4n) is 4.78. The molecule has 1 aromatic carbocycles. The standard InChI is InChI=1S/C30H44N4O3S2/c1-6-20(3)24(10-11-26(35)21(4)19-34-12-14-38-15-13-34)33-30(37)23(17-28(36)31-5)18-29-32-25-9-8-22(7-2)16-27(25)39-29/h8-9,16,20,23-24H,4,6-7,10-15,17-19H2,1-3,5H3,(H,31,36)(H,33,37)/t20-,23-,24+/m0/s1. The molecule has 39 heavy (non-hydrogen) atoms. The number of rotatable bonds is 15. The SMILES string of the molecule is C=C(CN1CCSCC1)C(=O)CC[C@@H](NC(=O)[C@@H](CC(=O)NC)Cc1nc2ccc(CC)cc2s1)[C@@H](C)CC. The number of ketones is 1. The predicted molar refractivity (Wildman–Crippen MR) is 163 cm³/mol. The zero-order chi connectivity index (χ0) is 28.4. The fourth-order valence-corrected chi connectivity index (χ4v) is 6.87. The van der Waals surface area contributed by atoms with Gasteiger partial charge in [-0.15, -0.1) is 11.3 Å². The molecule has 1 aliphatic rings. The molecule has 3 atom stereocenters. The fraction of sp³-hybridized carbons (Fsp3) is 0.600. The Hall–Kier alpha value is -2.23. The van der Waals surface area contributed by atoms with Gasteiger partial charge in [0.05, 0.1) is 21.1 Å². The highest BCUT2D eigenvalue weighted by Crippen LogP contribution is 2.27. The van der Waals surface area contributed by atoms with Crippen molar-refractivity contribution in [2.75, 3.05) is 38.2 Å². The molecule has 214 valence electrons. The molecule has 2 amide bonds. The summed E-state index contributed by atoms with van der Waals surface area (Å²) >= 11 is 3.53. The number of hydrogen-bond donors (Lipinski definition) is 2. The molecular formula is C30H44N4O3S2. The molecule has 1 aromatic heterocycles. The number of aromatic nitrogens is 1. The van der Waals surface area contributed by atoms with Crippen molar-refractivity contribution in [3.05, 3.63) is 40.9 Å². The molecule has 1 fully saturated rings. The van der Waals surface area contributed by atoms with E-state index in [-0.39, 0.29) is 36.0 Å². The van der Waals surface area contributed by atoms with Crippen LogP contribution < -0.4 is 10.6 Å². The number of amides is 2. The van der Waals surface area contributed by atoms with Gasteiger partial charge >= 0.3 is 0 Å². The van der Waals surface area contributed by atoms with Gasteiger partial charge in [0.1, 0.15) is 0 Å². The topological polar surface area (TPSA) is 91.4 Å². The highest BCUT2D eigenvalue weighted by Gasteiger charge is 2.28. The van der Waals surface area contributed by atoms with E-state index in [1.54, 1.807) is 18.4 Å². The first-order valence-corrected chi connectivity index (χ1v) is 16.1. The van der Waals surface area contributed by atoms with Gasteiger partial charge in [0, 0.05) is 69.1 Å². The van der Waals surface area contributed by atoms with E-state index < -0.39 is 5.92 Å². The van der Waals surface area contributed by atoms with Crippen molar-refractivity contribution in [1.29, 1.82) is 0 Å². The van der Waals surface area contributed by atoms with Crippen LogP contribution in [0.1, 0.15) is 57.0 Å². The van der Waals surface area contributed by atoms with Crippen molar-refractivity contribution in [2.45, 2.75) is 65.3 Å². The maximum Gasteiger partial charge on any atom is 0.224 e. The number of fused-ring (bicyclic) bond motifs is 1. The molecule has 0 radical (unpaired) electrons. The molecule has 0 bridgehead atoms. The summed E-state index contributed by atoms with van der Waals surface area (Å²) in [5.74, 6) is 1.59. The average molecular weight is 573 g/mol. The lowest BCUT2D eigenvalue weighted by molar-refractivity contribution is -0.131.